The minimum atomic E-state index is -0.441. The standard InChI is InChI=1S/C46H80O3/c1-7-8-9-10-11-12-13-14-15-16-17-18-19-20-21-22-34-48-44(47)49-39-30-32-45(5)38(35-39)26-27-40-42-29-28-41(37(4)25-23-24-36(2)3)46(42,6)33-31-43(40)45/h14-15,26,36-37,39-43H,7-13,16-25,27-35H2,1-6H3/b15-14+/t37-,39+,40-,41+,42-,43-,45-,46+/m0/s1. The first kappa shape index (κ1) is 40.5. The molecule has 0 spiro atoms. The zero-order chi connectivity index (χ0) is 35.1. The molecule has 0 bridgehead atoms. The van der Waals surface area contributed by atoms with Crippen LogP contribution < -0.4 is 0 Å². The number of hydrogen-bond acceptors (Lipinski definition) is 3. The SMILES string of the molecule is CCCCCCCC/C=C/CCCCCCCCOC(=O)O[C@@H]1CC[C@@]2(C)C(=CC[C@H]3[C@@H]4CC[C@H]([C@@H](C)CCCC(C)C)[C@@]4(C)CC[C@@H]32)C1. The minimum absolute atomic E-state index is 0.0142. The van der Waals surface area contributed by atoms with Crippen LogP contribution in [0.15, 0.2) is 23.8 Å². The molecular formula is C46H80O3. The van der Waals surface area contributed by atoms with Crippen LogP contribution in [0.3, 0.4) is 0 Å². The molecule has 8 atom stereocenters. The largest absolute Gasteiger partial charge is 0.508 e. The van der Waals surface area contributed by atoms with Gasteiger partial charge in [-0.1, -0.05) is 142 Å². The highest BCUT2D eigenvalue weighted by atomic mass is 16.7. The molecule has 0 amide bonds. The smallest absolute Gasteiger partial charge is 0.434 e. The van der Waals surface area contributed by atoms with Crippen molar-refractivity contribution >= 4 is 6.16 Å². The van der Waals surface area contributed by atoms with E-state index in [0.29, 0.717) is 17.4 Å². The van der Waals surface area contributed by atoms with Crippen LogP contribution in [0.5, 0.6) is 0 Å². The molecule has 0 N–H and O–H groups in total. The van der Waals surface area contributed by atoms with Gasteiger partial charge in [0.15, 0.2) is 0 Å². The van der Waals surface area contributed by atoms with Gasteiger partial charge in [-0.25, -0.2) is 4.79 Å². The molecule has 0 aromatic rings. The van der Waals surface area contributed by atoms with Crippen molar-refractivity contribution < 1.29 is 14.3 Å². The van der Waals surface area contributed by atoms with Gasteiger partial charge in [0, 0.05) is 6.42 Å². The van der Waals surface area contributed by atoms with E-state index in [0.717, 1.165) is 67.6 Å². The summed E-state index contributed by atoms with van der Waals surface area (Å²) in [5.41, 5.74) is 2.42. The summed E-state index contributed by atoms with van der Waals surface area (Å²) in [6.07, 6.45) is 39.2. The molecule has 4 aliphatic rings. The Hall–Kier alpha value is -1.25. The number of carbonyl (C=O) groups excluding carboxylic acids is 1. The predicted molar refractivity (Wildman–Crippen MR) is 209 cm³/mol. The van der Waals surface area contributed by atoms with Crippen LogP contribution >= 0.6 is 0 Å². The fourth-order valence-corrected chi connectivity index (χ4v) is 11.4. The lowest BCUT2D eigenvalue weighted by Gasteiger charge is -2.58. The van der Waals surface area contributed by atoms with Crippen LogP contribution in [0, 0.1) is 46.3 Å². The van der Waals surface area contributed by atoms with Gasteiger partial charge < -0.3 is 9.47 Å². The van der Waals surface area contributed by atoms with Gasteiger partial charge in [-0.3, -0.25) is 0 Å². The molecule has 0 unspecified atom stereocenters. The van der Waals surface area contributed by atoms with E-state index in [-0.39, 0.29) is 6.10 Å². The monoisotopic (exact) mass is 681 g/mol. The maximum atomic E-state index is 12.6. The maximum absolute atomic E-state index is 12.6. The highest BCUT2D eigenvalue weighted by Gasteiger charge is 2.59. The Morgan fingerprint density at radius 1 is 0.796 bits per heavy atom. The third kappa shape index (κ3) is 11.6. The van der Waals surface area contributed by atoms with Crippen molar-refractivity contribution in [1.82, 2.24) is 0 Å². The van der Waals surface area contributed by atoms with E-state index >= 15 is 0 Å². The third-order valence-electron chi connectivity index (χ3n) is 14.4. The molecule has 4 aliphatic carbocycles. The van der Waals surface area contributed by atoms with Gasteiger partial charge in [-0.05, 0) is 123 Å². The number of allylic oxidation sites excluding steroid dienone is 3. The Morgan fingerprint density at radius 2 is 1.47 bits per heavy atom. The number of fused-ring (bicyclic) bond motifs is 5. The summed E-state index contributed by atoms with van der Waals surface area (Å²) in [5, 5.41) is 0. The van der Waals surface area contributed by atoms with Gasteiger partial charge in [0.2, 0.25) is 0 Å². The quantitative estimate of drug-likeness (QED) is 0.0648. The molecule has 0 radical (unpaired) electrons. The first-order chi connectivity index (χ1) is 23.7. The average molecular weight is 681 g/mol. The maximum Gasteiger partial charge on any atom is 0.508 e. The number of ether oxygens (including phenoxy) is 2. The lowest BCUT2D eigenvalue weighted by atomic mass is 9.47. The van der Waals surface area contributed by atoms with Crippen LogP contribution in [0.2, 0.25) is 0 Å². The minimum Gasteiger partial charge on any atom is -0.434 e. The van der Waals surface area contributed by atoms with Crippen molar-refractivity contribution in [1.29, 1.82) is 0 Å². The molecule has 49 heavy (non-hydrogen) atoms. The second kappa shape index (κ2) is 20.7. The third-order valence-corrected chi connectivity index (χ3v) is 14.4. The Bertz CT molecular complexity index is 1010. The van der Waals surface area contributed by atoms with Crippen LogP contribution in [0.1, 0.15) is 202 Å². The summed E-state index contributed by atoms with van der Waals surface area (Å²) in [4.78, 5) is 12.6. The van der Waals surface area contributed by atoms with Crippen molar-refractivity contribution in [2.75, 3.05) is 6.61 Å². The molecule has 0 aromatic carbocycles. The highest BCUT2D eigenvalue weighted by molar-refractivity contribution is 5.60. The normalized spacial score (nSPS) is 31.7. The lowest BCUT2D eigenvalue weighted by Crippen LogP contribution is -2.51. The van der Waals surface area contributed by atoms with E-state index in [9.17, 15) is 4.79 Å². The zero-order valence-corrected chi connectivity index (χ0v) is 33.4. The van der Waals surface area contributed by atoms with Crippen molar-refractivity contribution in [3.05, 3.63) is 23.8 Å². The number of rotatable bonds is 22. The molecule has 4 rings (SSSR count). The van der Waals surface area contributed by atoms with Gasteiger partial charge in [-0.2, -0.15) is 0 Å². The van der Waals surface area contributed by atoms with E-state index in [1.54, 1.807) is 5.57 Å². The van der Waals surface area contributed by atoms with Gasteiger partial charge in [-0.15, -0.1) is 0 Å². The summed E-state index contributed by atoms with van der Waals surface area (Å²) in [6, 6.07) is 0. The van der Waals surface area contributed by atoms with Crippen molar-refractivity contribution in [3.63, 3.8) is 0 Å². The highest BCUT2D eigenvalue weighted by Crippen LogP contribution is 2.67. The van der Waals surface area contributed by atoms with Gasteiger partial charge in [0.1, 0.15) is 6.10 Å². The summed E-state index contributed by atoms with van der Waals surface area (Å²) in [5.74, 6) is 5.15. The number of carbonyl (C=O) groups is 1. The van der Waals surface area contributed by atoms with E-state index < -0.39 is 6.16 Å². The van der Waals surface area contributed by atoms with Crippen molar-refractivity contribution in [2.24, 2.45) is 46.3 Å². The van der Waals surface area contributed by atoms with Crippen LogP contribution in [0.25, 0.3) is 0 Å². The molecule has 282 valence electrons. The van der Waals surface area contributed by atoms with E-state index in [2.05, 4.69) is 59.8 Å². The molecule has 0 saturated heterocycles. The van der Waals surface area contributed by atoms with Crippen LogP contribution in [-0.2, 0) is 9.47 Å². The average Bonchev–Trinajstić information content (AvgIpc) is 3.43. The van der Waals surface area contributed by atoms with Crippen LogP contribution in [-0.4, -0.2) is 18.9 Å². The molecule has 3 nitrogen and oxygen atoms in total. The Balaban J connectivity index is 1.08. The summed E-state index contributed by atoms with van der Waals surface area (Å²) < 4.78 is 11.5. The molecule has 3 saturated carbocycles. The second-order valence-corrected chi connectivity index (χ2v) is 18.3. The molecule has 0 aliphatic heterocycles. The summed E-state index contributed by atoms with van der Waals surface area (Å²) in [6.45, 7) is 15.4. The van der Waals surface area contributed by atoms with Gasteiger partial charge >= 0.3 is 6.16 Å². The van der Waals surface area contributed by atoms with E-state index in [4.69, 9.17) is 9.47 Å². The zero-order valence-electron chi connectivity index (χ0n) is 33.4. The number of unbranched alkanes of at least 4 members (excludes halogenated alkanes) is 12. The Kier molecular flexibility index (Phi) is 17.1. The second-order valence-electron chi connectivity index (χ2n) is 18.3. The first-order valence-corrected chi connectivity index (χ1v) is 21.9. The predicted octanol–water partition coefficient (Wildman–Crippen LogP) is 14.6. The summed E-state index contributed by atoms with van der Waals surface area (Å²) in [7, 11) is 0. The molecule has 3 fully saturated rings. The fraction of sp³-hybridized carbons (Fsp3) is 0.891. The molecule has 0 aromatic heterocycles. The van der Waals surface area contributed by atoms with Crippen LogP contribution in [0.4, 0.5) is 4.79 Å². The van der Waals surface area contributed by atoms with Gasteiger partial charge in [0.05, 0.1) is 6.61 Å². The Labute approximate surface area is 304 Å². The molecule has 3 heteroatoms. The molecular weight excluding hydrogens is 601 g/mol. The van der Waals surface area contributed by atoms with Crippen molar-refractivity contribution in [3.8, 4) is 0 Å². The van der Waals surface area contributed by atoms with E-state index in [1.807, 2.05) is 0 Å². The molecule has 0 heterocycles. The topological polar surface area (TPSA) is 35.5 Å². The summed E-state index contributed by atoms with van der Waals surface area (Å²) >= 11 is 0. The first-order valence-electron chi connectivity index (χ1n) is 21.9. The Morgan fingerprint density at radius 3 is 2.16 bits per heavy atom. The number of hydrogen-bond donors (Lipinski definition) is 0. The fourth-order valence-electron chi connectivity index (χ4n) is 11.4. The van der Waals surface area contributed by atoms with E-state index in [1.165, 1.54) is 128 Å². The lowest BCUT2D eigenvalue weighted by molar-refractivity contribution is -0.0617. The van der Waals surface area contributed by atoms with Crippen molar-refractivity contribution in [2.45, 2.75) is 208 Å². The van der Waals surface area contributed by atoms with Gasteiger partial charge in [0.25, 0.3) is 0 Å².